The van der Waals surface area contributed by atoms with E-state index in [0.29, 0.717) is 5.75 Å². The molecule has 92 valence electrons. The first-order chi connectivity index (χ1) is 6.95. The standard InChI is InChI=1S/C11H25NO2S/c1-5-7-8-9-15(13,14)11(4)10(3)12-6-2/h10-12H,5-9H2,1-4H3. The highest BCUT2D eigenvalue weighted by Gasteiger charge is 2.25. The molecule has 4 heteroatoms. The summed E-state index contributed by atoms with van der Waals surface area (Å²) in [5, 5.41) is 2.88. The van der Waals surface area contributed by atoms with Crippen LogP contribution >= 0.6 is 0 Å². The number of sulfone groups is 1. The fraction of sp³-hybridized carbons (Fsp3) is 1.00. The third kappa shape index (κ3) is 5.52. The second-order valence-electron chi connectivity index (χ2n) is 4.13. The van der Waals surface area contributed by atoms with Crippen LogP contribution in [0.2, 0.25) is 0 Å². The summed E-state index contributed by atoms with van der Waals surface area (Å²) in [5.74, 6) is 0.331. The van der Waals surface area contributed by atoms with Gasteiger partial charge in [0.1, 0.15) is 0 Å². The highest BCUT2D eigenvalue weighted by Crippen LogP contribution is 2.10. The molecule has 0 aromatic heterocycles. The van der Waals surface area contributed by atoms with Gasteiger partial charge in [0.25, 0.3) is 0 Å². The second-order valence-corrected chi connectivity index (χ2v) is 6.60. The van der Waals surface area contributed by atoms with Gasteiger partial charge in [0.15, 0.2) is 9.84 Å². The lowest BCUT2D eigenvalue weighted by atomic mass is 10.2. The first-order valence-electron chi connectivity index (χ1n) is 5.90. The SMILES string of the molecule is CCCCCS(=O)(=O)C(C)C(C)NCC. The second kappa shape index (κ2) is 7.23. The van der Waals surface area contributed by atoms with Gasteiger partial charge in [-0.1, -0.05) is 26.7 Å². The van der Waals surface area contributed by atoms with Gasteiger partial charge >= 0.3 is 0 Å². The minimum Gasteiger partial charge on any atom is -0.313 e. The summed E-state index contributed by atoms with van der Waals surface area (Å²) < 4.78 is 23.8. The third-order valence-electron chi connectivity index (χ3n) is 2.83. The van der Waals surface area contributed by atoms with E-state index >= 15 is 0 Å². The molecule has 0 radical (unpaired) electrons. The number of hydrogen-bond donors (Lipinski definition) is 1. The lowest BCUT2D eigenvalue weighted by Gasteiger charge is -2.20. The number of nitrogens with one attached hydrogen (secondary N) is 1. The summed E-state index contributed by atoms with van der Waals surface area (Å²) in [6.07, 6.45) is 2.86. The fourth-order valence-electron chi connectivity index (χ4n) is 1.54. The summed E-state index contributed by atoms with van der Waals surface area (Å²) in [5.41, 5.74) is 0. The van der Waals surface area contributed by atoms with Gasteiger partial charge in [0.2, 0.25) is 0 Å². The van der Waals surface area contributed by atoms with Crippen LogP contribution in [0.25, 0.3) is 0 Å². The summed E-state index contributed by atoms with van der Waals surface area (Å²) >= 11 is 0. The lowest BCUT2D eigenvalue weighted by Crippen LogP contribution is -2.41. The molecule has 0 spiro atoms. The Bertz CT molecular complexity index is 249. The van der Waals surface area contributed by atoms with E-state index in [0.717, 1.165) is 25.8 Å². The number of rotatable bonds is 8. The molecule has 0 aromatic carbocycles. The minimum atomic E-state index is -2.92. The Morgan fingerprint density at radius 2 is 1.73 bits per heavy atom. The largest absolute Gasteiger partial charge is 0.313 e. The quantitative estimate of drug-likeness (QED) is 0.654. The van der Waals surface area contributed by atoms with Crippen molar-refractivity contribution in [3.8, 4) is 0 Å². The van der Waals surface area contributed by atoms with Crippen LogP contribution in [0.5, 0.6) is 0 Å². The van der Waals surface area contributed by atoms with Gasteiger partial charge in [0.05, 0.1) is 11.0 Å². The van der Waals surface area contributed by atoms with Crippen LogP contribution in [0.1, 0.15) is 47.0 Å². The monoisotopic (exact) mass is 235 g/mol. The molecule has 2 unspecified atom stereocenters. The van der Waals surface area contributed by atoms with Crippen molar-refractivity contribution in [1.82, 2.24) is 5.32 Å². The first kappa shape index (κ1) is 14.9. The zero-order chi connectivity index (χ0) is 11.9. The highest BCUT2D eigenvalue weighted by atomic mass is 32.2. The van der Waals surface area contributed by atoms with Gasteiger partial charge < -0.3 is 5.32 Å². The van der Waals surface area contributed by atoms with E-state index in [2.05, 4.69) is 12.2 Å². The van der Waals surface area contributed by atoms with Crippen LogP contribution < -0.4 is 5.32 Å². The van der Waals surface area contributed by atoms with Gasteiger partial charge in [-0.25, -0.2) is 8.42 Å². The third-order valence-corrected chi connectivity index (χ3v) is 5.23. The van der Waals surface area contributed by atoms with Crippen LogP contribution in [-0.4, -0.2) is 32.0 Å². The Labute approximate surface area is 94.6 Å². The Morgan fingerprint density at radius 3 is 2.20 bits per heavy atom. The molecule has 0 aromatic rings. The van der Waals surface area contributed by atoms with Gasteiger partial charge in [-0.15, -0.1) is 0 Å². The summed E-state index contributed by atoms with van der Waals surface area (Å²) in [6, 6.07) is 0.0432. The molecule has 0 bridgehead atoms. The van der Waals surface area contributed by atoms with Crippen LogP contribution in [0, 0.1) is 0 Å². The van der Waals surface area contributed by atoms with Gasteiger partial charge in [-0.2, -0.15) is 0 Å². The molecule has 3 nitrogen and oxygen atoms in total. The van der Waals surface area contributed by atoms with E-state index in [1.54, 1.807) is 6.92 Å². The Morgan fingerprint density at radius 1 is 1.13 bits per heavy atom. The van der Waals surface area contributed by atoms with Crippen molar-refractivity contribution < 1.29 is 8.42 Å². The molecule has 0 amide bonds. The predicted molar refractivity (Wildman–Crippen MR) is 65.9 cm³/mol. The molecule has 0 heterocycles. The van der Waals surface area contributed by atoms with Gasteiger partial charge in [0, 0.05) is 6.04 Å². The Kier molecular flexibility index (Phi) is 7.18. The van der Waals surface area contributed by atoms with Crippen LogP contribution in [0.3, 0.4) is 0 Å². The normalized spacial score (nSPS) is 16.3. The van der Waals surface area contributed by atoms with Crippen molar-refractivity contribution in [2.24, 2.45) is 0 Å². The smallest absolute Gasteiger partial charge is 0.154 e. The van der Waals surface area contributed by atoms with E-state index in [4.69, 9.17) is 0 Å². The first-order valence-corrected chi connectivity index (χ1v) is 7.62. The minimum absolute atomic E-state index is 0.0432. The van der Waals surface area contributed by atoms with E-state index < -0.39 is 9.84 Å². The maximum absolute atomic E-state index is 11.9. The molecule has 0 rings (SSSR count). The summed E-state index contributed by atoms with van der Waals surface area (Å²) in [4.78, 5) is 0. The average Bonchev–Trinajstić information content (AvgIpc) is 2.17. The average molecular weight is 235 g/mol. The maximum Gasteiger partial charge on any atom is 0.154 e. The molecule has 15 heavy (non-hydrogen) atoms. The molecule has 2 atom stereocenters. The maximum atomic E-state index is 11.9. The van der Waals surface area contributed by atoms with Crippen molar-refractivity contribution in [3.05, 3.63) is 0 Å². The topological polar surface area (TPSA) is 46.2 Å². The van der Waals surface area contributed by atoms with Crippen LogP contribution in [0.15, 0.2) is 0 Å². The molecular weight excluding hydrogens is 210 g/mol. The van der Waals surface area contributed by atoms with Crippen molar-refractivity contribution in [2.75, 3.05) is 12.3 Å². The van der Waals surface area contributed by atoms with E-state index in [-0.39, 0.29) is 11.3 Å². The fourth-order valence-corrected chi connectivity index (χ4v) is 3.23. The van der Waals surface area contributed by atoms with E-state index in [9.17, 15) is 8.42 Å². The number of hydrogen-bond acceptors (Lipinski definition) is 3. The predicted octanol–water partition coefficient (Wildman–Crippen LogP) is 1.98. The van der Waals surface area contributed by atoms with Crippen molar-refractivity contribution in [3.63, 3.8) is 0 Å². The molecule has 0 fully saturated rings. The van der Waals surface area contributed by atoms with Crippen molar-refractivity contribution >= 4 is 9.84 Å². The zero-order valence-electron chi connectivity index (χ0n) is 10.4. The molecular formula is C11H25NO2S. The Hall–Kier alpha value is -0.0900. The van der Waals surface area contributed by atoms with Crippen molar-refractivity contribution in [1.29, 1.82) is 0 Å². The molecule has 0 aliphatic rings. The van der Waals surface area contributed by atoms with E-state index in [1.165, 1.54) is 0 Å². The Balaban J connectivity index is 4.19. The summed E-state index contributed by atoms with van der Waals surface area (Å²) in [7, 11) is -2.92. The zero-order valence-corrected chi connectivity index (χ0v) is 11.2. The van der Waals surface area contributed by atoms with Crippen LogP contribution in [0.4, 0.5) is 0 Å². The number of unbranched alkanes of at least 4 members (excludes halogenated alkanes) is 2. The summed E-state index contributed by atoms with van der Waals surface area (Å²) in [6.45, 7) is 8.63. The lowest BCUT2D eigenvalue weighted by molar-refractivity contribution is 0.519. The van der Waals surface area contributed by atoms with E-state index in [1.807, 2.05) is 13.8 Å². The van der Waals surface area contributed by atoms with Gasteiger partial charge in [-0.3, -0.25) is 0 Å². The molecule has 0 saturated heterocycles. The highest BCUT2D eigenvalue weighted by molar-refractivity contribution is 7.92. The molecule has 0 aliphatic carbocycles. The van der Waals surface area contributed by atoms with Gasteiger partial charge in [-0.05, 0) is 26.8 Å². The molecule has 0 aliphatic heterocycles. The molecule has 1 N–H and O–H groups in total. The van der Waals surface area contributed by atoms with Crippen LogP contribution in [-0.2, 0) is 9.84 Å². The van der Waals surface area contributed by atoms with Crippen molar-refractivity contribution in [2.45, 2.75) is 58.2 Å². The molecule has 0 saturated carbocycles.